The summed E-state index contributed by atoms with van der Waals surface area (Å²) in [7, 11) is 3.28. The van der Waals surface area contributed by atoms with Crippen LogP contribution in [0.25, 0.3) is 6.08 Å². The average Bonchev–Trinajstić information content (AvgIpc) is 2.62. The van der Waals surface area contributed by atoms with Crippen LogP contribution in [-0.2, 0) is 6.42 Å². The second kappa shape index (κ2) is 8.09. The van der Waals surface area contributed by atoms with Crippen LogP contribution < -0.4 is 15.2 Å². The number of aldehydes is 1. The van der Waals surface area contributed by atoms with Crippen molar-refractivity contribution in [2.75, 3.05) is 20.0 Å². The first-order chi connectivity index (χ1) is 12.7. The average molecular weight is 351 g/mol. The van der Waals surface area contributed by atoms with Gasteiger partial charge in [0.2, 0.25) is 0 Å². The smallest absolute Gasteiger partial charge is 0.151 e. The highest BCUT2D eigenvalue weighted by Crippen LogP contribution is 2.41. The highest BCUT2D eigenvalue weighted by atomic mass is 16.5. The fraction of sp³-hybridized carbons (Fsp3) is 0.318. The maximum absolute atomic E-state index is 11.7. The van der Waals surface area contributed by atoms with E-state index in [2.05, 4.69) is 6.08 Å². The molecule has 0 radical (unpaired) electrons. The van der Waals surface area contributed by atoms with Crippen LogP contribution in [0.4, 0.5) is 5.69 Å². The summed E-state index contributed by atoms with van der Waals surface area (Å²) in [4.78, 5) is 11.7. The number of benzene rings is 2. The molecule has 0 spiro atoms. The lowest BCUT2D eigenvalue weighted by atomic mass is 9.76. The van der Waals surface area contributed by atoms with Gasteiger partial charge in [-0.1, -0.05) is 24.6 Å². The summed E-state index contributed by atoms with van der Waals surface area (Å²) in [5.41, 5.74) is 10.6. The fourth-order valence-corrected chi connectivity index (χ4v) is 3.41. The van der Waals surface area contributed by atoms with Gasteiger partial charge in [0, 0.05) is 17.3 Å². The predicted molar refractivity (Wildman–Crippen MR) is 105 cm³/mol. The molecule has 0 amide bonds. The molecule has 0 bridgehead atoms. The molecule has 4 nitrogen and oxygen atoms in total. The molecule has 26 heavy (non-hydrogen) atoms. The number of nitrogen functional groups attached to an aromatic ring is 1. The van der Waals surface area contributed by atoms with Gasteiger partial charge in [-0.2, -0.15) is 0 Å². The van der Waals surface area contributed by atoms with Crippen LogP contribution >= 0.6 is 0 Å². The number of ether oxygens (including phenoxy) is 2. The van der Waals surface area contributed by atoms with Crippen molar-refractivity contribution in [3.8, 4) is 11.5 Å². The van der Waals surface area contributed by atoms with Crippen molar-refractivity contribution < 1.29 is 14.3 Å². The van der Waals surface area contributed by atoms with Crippen molar-refractivity contribution in [3.05, 3.63) is 58.7 Å². The highest BCUT2D eigenvalue weighted by Gasteiger charge is 2.25. The minimum Gasteiger partial charge on any atom is -0.497 e. The number of rotatable bonds is 7. The first-order valence-electron chi connectivity index (χ1n) is 8.92. The van der Waals surface area contributed by atoms with Crippen molar-refractivity contribution >= 4 is 18.0 Å². The van der Waals surface area contributed by atoms with Crippen LogP contribution in [0, 0.1) is 0 Å². The zero-order valence-corrected chi connectivity index (χ0v) is 15.3. The Hall–Kier alpha value is -2.75. The Morgan fingerprint density at radius 2 is 1.81 bits per heavy atom. The van der Waals surface area contributed by atoms with E-state index in [1.54, 1.807) is 14.2 Å². The maximum atomic E-state index is 11.7. The van der Waals surface area contributed by atoms with Crippen LogP contribution in [0.2, 0.25) is 0 Å². The Morgan fingerprint density at radius 1 is 1.12 bits per heavy atom. The number of allylic oxidation sites excluding steroid dienone is 1. The summed E-state index contributed by atoms with van der Waals surface area (Å²) in [5, 5.41) is 0. The Bertz CT molecular complexity index is 800. The summed E-state index contributed by atoms with van der Waals surface area (Å²) < 4.78 is 10.6. The minimum atomic E-state index is 0.422. The van der Waals surface area contributed by atoms with E-state index in [4.69, 9.17) is 15.2 Å². The quantitative estimate of drug-likeness (QED) is 0.584. The van der Waals surface area contributed by atoms with E-state index in [9.17, 15) is 4.79 Å². The van der Waals surface area contributed by atoms with Crippen LogP contribution in [0.3, 0.4) is 0 Å². The van der Waals surface area contributed by atoms with Gasteiger partial charge in [0.15, 0.2) is 6.29 Å². The van der Waals surface area contributed by atoms with Crippen LogP contribution in [0.5, 0.6) is 11.5 Å². The molecule has 2 aromatic carbocycles. The van der Waals surface area contributed by atoms with Gasteiger partial charge in [-0.25, -0.2) is 0 Å². The maximum Gasteiger partial charge on any atom is 0.151 e. The summed E-state index contributed by atoms with van der Waals surface area (Å²) in [6.07, 6.45) is 9.14. The Labute approximate surface area is 154 Å². The minimum absolute atomic E-state index is 0.422. The van der Waals surface area contributed by atoms with Crippen molar-refractivity contribution in [2.45, 2.75) is 31.6 Å². The highest BCUT2D eigenvalue weighted by molar-refractivity contribution is 5.87. The first kappa shape index (κ1) is 18.1. The number of hydrogen-bond donors (Lipinski definition) is 1. The molecule has 4 heteroatoms. The van der Waals surface area contributed by atoms with E-state index in [-0.39, 0.29) is 0 Å². The van der Waals surface area contributed by atoms with Gasteiger partial charge >= 0.3 is 0 Å². The summed E-state index contributed by atoms with van der Waals surface area (Å²) in [5.74, 6) is 1.95. The van der Waals surface area contributed by atoms with E-state index in [0.29, 0.717) is 5.92 Å². The fourth-order valence-electron chi connectivity index (χ4n) is 3.41. The molecule has 0 aliphatic heterocycles. The van der Waals surface area contributed by atoms with Gasteiger partial charge in [-0.15, -0.1) is 0 Å². The Morgan fingerprint density at radius 3 is 2.35 bits per heavy atom. The number of carbonyl (C=O) groups excluding carboxylic acids is 1. The van der Waals surface area contributed by atoms with Gasteiger partial charge in [-0.05, 0) is 60.1 Å². The number of nitrogens with two attached hydrogens (primary N) is 1. The van der Waals surface area contributed by atoms with E-state index in [1.165, 1.54) is 6.42 Å². The molecule has 2 aromatic rings. The molecule has 0 saturated heterocycles. The number of methoxy groups -OCH3 is 2. The molecule has 136 valence electrons. The standard InChI is InChI=1S/C22H25NO3/c1-25-18-11-15(12-19(13-18)26-2)5-3-6-16-9-10-21(23)22(20(16)14-24)17-7-4-8-17/h3,6,9-14,17H,4-5,7-8,23H2,1-2H3/b6-3+. The van der Waals surface area contributed by atoms with Gasteiger partial charge in [0.05, 0.1) is 14.2 Å². The van der Waals surface area contributed by atoms with Crippen LogP contribution in [-0.4, -0.2) is 20.5 Å². The zero-order valence-electron chi connectivity index (χ0n) is 15.3. The number of hydrogen-bond acceptors (Lipinski definition) is 4. The van der Waals surface area contributed by atoms with Crippen molar-refractivity contribution in [2.24, 2.45) is 0 Å². The van der Waals surface area contributed by atoms with Crippen molar-refractivity contribution in [1.29, 1.82) is 0 Å². The number of anilines is 1. The topological polar surface area (TPSA) is 61.5 Å². The third kappa shape index (κ3) is 3.74. The monoisotopic (exact) mass is 351 g/mol. The van der Waals surface area contributed by atoms with Crippen LogP contribution in [0.15, 0.2) is 36.4 Å². The SMILES string of the molecule is COc1cc(C/C=C/c2ccc(N)c(C3CCC3)c2C=O)cc(OC)c1. The predicted octanol–water partition coefficient (Wildman–Crippen LogP) is 4.62. The molecule has 1 aliphatic carbocycles. The van der Waals surface area contributed by atoms with Gasteiger partial charge in [0.1, 0.15) is 11.5 Å². The van der Waals surface area contributed by atoms with E-state index in [1.807, 2.05) is 36.4 Å². The molecule has 3 rings (SSSR count). The summed E-state index contributed by atoms with van der Waals surface area (Å²) in [6, 6.07) is 9.65. The van der Waals surface area contributed by atoms with E-state index < -0.39 is 0 Å². The Kier molecular flexibility index (Phi) is 5.61. The molecule has 0 aromatic heterocycles. The van der Waals surface area contributed by atoms with Crippen molar-refractivity contribution in [3.63, 3.8) is 0 Å². The first-order valence-corrected chi connectivity index (χ1v) is 8.92. The number of carbonyl (C=O) groups is 1. The van der Waals surface area contributed by atoms with Gasteiger partial charge in [-0.3, -0.25) is 4.79 Å². The molecular formula is C22H25NO3. The second-order valence-electron chi connectivity index (χ2n) is 6.64. The molecule has 0 unspecified atom stereocenters. The lowest BCUT2D eigenvalue weighted by Gasteiger charge is -2.28. The molecule has 0 atom stereocenters. The third-order valence-electron chi connectivity index (χ3n) is 5.05. The Balaban J connectivity index is 1.84. The lowest BCUT2D eigenvalue weighted by Crippen LogP contribution is -2.14. The van der Waals surface area contributed by atoms with Gasteiger partial charge in [0.25, 0.3) is 0 Å². The van der Waals surface area contributed by atoms with Crippen molar-refractivity contribution in [1.82, 2.24) is 0 Å². The van der Waals surface area contributed by atoms with E-state index in [0.717, 1.165) is 65.0 Å². The molecule has 0 heterocycles. The van der Waals surface area contributed by atoms with E-state index >= 15 is 0 Å². The largest absolute Gasteiger partial charge is 0.497 e. The molecule has 2 N–H and O–H groups in total. The van der Waals surface area contributed by atoms with Gasteiger partial charge < -0.3 is 15.2 Å². The summed E-state index contributed by atoms with van der Waals surface area (Å²) in [6.45, 7) is 0. The third-order valence-corrected chi connectivity index (χ3v) is 5.05. The van der Waals surface area contributed by atoms with Crippen LogP contribution in [0.1, 0.15) is 52.2 Å². The molecule has 1 saturated carbocycles. The summed E-state index contributed by atoms with van der Waals surface area (Å²) >= 11 is 0. The lowest BCUT2D eigenvalue weighted by molar-refractivity contribution is 0.112. The molecular weight excluding hydrogens is 326 g/mol. The zero-order chi connectivity index (χ0) is 18.5. The normalized spacial score (nSPS) is 14.2. The molecule has 1 aliphatic rings. The second-order valence-corrected chi connectivity index (χ2v) is 6.64. The molecule has 1 fully saturated rings.